The fourth-order valence-corrected chi connectivity index (χ4v) is 3.57. The fourth-order valence-electron chi connectivity index (χ4n) is 1.80. The van der Waals surface area contributed by atoms with E-state index in [4.69, 9.17) is 0 Å². The van der Waals surface area contributed by atoms with Gasteiger partial charge in [-0.1, -0.05) is 18.2 Å². The van der Waals surface area contributed by atoms with E-state index in [1.54, 1.807) is 0 Å². The van der Waals surface area contributed by atoms with Gasteiger partial charge >= 0.3 is 5.97 Å². The molecule has 0 aliphatic carbocycles. The topological polar surface area (TPSA) is 60.4 Å². The molecule has 8 heteroatoms. The molecule has 0 N–H and O–H groups in total. The largest absolute Gasteiger partial charge is 0.464 e. The number of hydrogen-bond acceptors (Lipinski definition) is 4. The summed E-state index contributed by atoms with van der Waals surface area (Å²) in [5.74, 6) is -1.61. The maximum atomic E-state index is 13.9. The Bertz CT molecular complexity index is 601. The third kappa shape index (κ3) is 3.75. The van der Waals surface area contributed by atoms with E-state index in [2.05, 4.69) is 4.74 Å². The Morgan fingerprint density at radius 2 is 1.81 bits per heavy atom. The molecule has 2 unspecified atom stereocenters. The number of halogens is 3. The van der Waals surface area contributed by atoms with Gasteiger partial charge in [0.05, 0.1) is 11.5 Å². The van der Waals surface area contributed by atoms with Crippen LogP contribution in [0.3, 0.4) is 0 Å². The number of alkyl halides is 3. The zero-order chi connectivity index (χ0) is 16.2. The van der Waals surface area contributed by atoms with Crippen LogP contribution in [0.1, 0.15) is 12.5 Å². The van der Waals surface area contributed by atoms with Crippen molar-refractivity contribution in [3.8, 4) is 0 Å². The lowest BCUT2D eigenvalue weighted by Gasteiger charge is -2.20. The number of hydrogen-bond donors (Lipinski definition) is 0. The van der Waals surface area contributed by atoms with Gasteiger partial charge in [-0.2, -0.15) is 0 Å². The van der Waals surface area contributed by atoms with Gasteiger partial charge in [-0.3, -0.25) is 0 Å². The molecule has 1 aromatic rings. The summed E-state index contributed by atoms with van der Waals surface area (Å²) in [5.41, 5.74) is 0.194. The highest BCUT2D eigenvalue weighted by molar-refractivity contribution is 7.92. The molecule has 2 atom stereocenters. The minimum atomic E-state index is -4.72. The molecule has 4 nitrogen and oxygen atoms in total. The molecule has 0 heterocycles. The molecule has 0 spiro atoms. The van der Waals surface area contributed by atoms with Gasteiger partial charge in [-0.05, 0) is 25.5 Å². The van der Waals surface area contributed by atoms with Crippen LogP contribution in [0.2, 0.25) is 0 Å². The van der Waals surface area contributed by atoms with Crippen molar-refractivity contribution < 1.29 is 31.1 Å². The van der Waals surface area contributed by atoms with Crippen LogP contribution >= 0.6 is 0 Å². The summed E-state index contributed by atoms with van der Waals surface area (Å²) in [7, 11) is -4.72. The average Bonchev–Trinajstić information content (AvgIpc) is 2.38. The van der Waals surface area contributed by atoms with Gasteiger partial charge in [0.1, 0.15) is 0 Å². The maximum Gasteiger partial charge on any atom is 0.342 e. The van der Waals surface area contributed by atoms with Crippen LogP contribution in [0.4, 0.5) is 13.2 Å². The molecule has 21 heavy (non-hydrogen) atoms. The Morgan fingerprint density at radius 1 is 1.24 bits per heavy atom. The predicted octanol–water partition coefficient (Wildman–Crippen LogP) is 2.30. The number of carbonyl (C=O) groups is 1. The van der Waals surface area contributed by atoms with Crippen molar-refractivity contribution in [1.82, 2.24) is 0 Å². The van der Waals surface area contributed by atoms with Crippen molar-refractivity contribution in [1.29, 1.82) is 0 Å². The monoisotopic (exact) mass is 324 g/mol. The van der Waals surface area contributed by atoms with Crippen LogP contribution in [0.25, 0.3) is 0 Å². The van der Waals surface area contributed by atoms with Gasteiger partial charge in [-0.15, -0.1) is 0 Å². The lowest BCUT2D eigenvalue weighted by atomic mass is 10.2. The molecular formula is C13H15F3O4S. The second-order valence-corrected chi connectivity index (χ2v) is 6.34. The van der Waals surface area contributed by atoms with Crippen LogP contribution in [-0.4, -0.2) is 38.8 Å². The number of rotatable bonds is 6. The molecule has 1 rings (SSSR count). The predicted molar refractivity (Wildman–Crippen MR) is 69.7 cm³/mol. The van der Waals surface area contributed by atoms with Crippen molar-refractivity contribution in [3.05, 3.63) is 29.8 Å². The van der Waals surface area contributed by atoms with Crippen molar-refractivity contribution in [3.63, 3.8) is 0 Å². The first-order valence-electron chi connectivity index (χ1n) is 6.11. The molecule has 0 fully saturated rings. The molecule has 0 saturated heterocycles. The van der Waals surface area contributed by atoms with E-state index >= 15 is 0 Å². The zero-order valence-electron chi connectivity index (χ0n) is 11.4. The Hall–Kier alpha value is -1.57. The van der Waals surface area contributed by atoms with E-state index in [1.165, 1.54) is 32.0 Å². The van der Waals surface area contributed by atoms with Crippen LogP contribution in [0, 0.1) is 6.92 Å². The van der Waals surface area contributed by atoms with Crippen LogP contribution in [0.15, 0.2) is 29.2 Å². The summed E-state index contributed by atoms with van der Waals surface area (Å²) in [6.07, 6.45) is -6.51. The van der Waals surface area contributed by atoms with E-state index in [0.29, 0.717) is 0 Å². The summed E-state index contributed by atoms with van der Waals surface area (Å²) in [6, 6.07) is 5.34. The van der Waals surface area contributed by atoms with Crippen molar-refractivity contribution in [2.75, 3.05) is 6.61 Å². The maximum absolute atomic E-state index is 13.9. The molecule has 118 valence electrons. The van der Waals surface area contributed by atoms with Gasteiger partial charge in [0.15, 0.2) is 15.1 Å². The summed E-state index contributed by atoms with van der Waals surface area (Å²) >= 11 is 0. The Balaban J connectivity index is 3.28. The Morgan fingerprint density at radius 3 is 2.29 bits per heavy atom. The van der Waals surface area contributed by atoms with Crippen molar-refractivity contribution >= 4 is 15.8 Å². The summed E-state index contributed by atoms with van der Waals surface area (Å²) in [5, 5.41) is -2.79. The SMILES string of the molecule is CCOC(=O)C(F)C(C(F)F)S(=O)(=O)c1ccccc1C. The third-order valence-electron chi connectivity index (χ3n) is 2.81. The van der Waals surface area contributed by atoms with Gasteiger partial charge in [0.2, 0.25) is 6.17 Å². The molecule has 0 bridgehead atoms. The van der Waals surface area contributed by atoms with Crippen LogP contribution < -0.4 is 0 Å². The minimum absolute atomic E-state index is 0.194. The van der Waals surface area contributed by atoms with Crippen LogP contribution in [0.5, 0.6) is 0 Å². The lowest BCUT2D eigenvalue weighted by molar-refractivity contribution is -0.150. The summed E-state index contributed by atoms with van der Waals surface area (Å²) in [4.78, 5) is 10.8. The lowest BCUT2D eigenvalue weighted by Crippen LogP contribution is -2.43. The quantitative estimate of drug-likeness (QED) is 0.754. The summed E-state index contributed by atoms with van der Waals surface area (Å²) < 4.78 is 68.7. The zero-order valence-corrected chi connectivity index (χ0v) is 12.2. The standard InChI is InChI=1S/C13H15F3O4S/c1-3-20-13(17)10(14)11(12(15)16)21(18,19)9-7-5-4-6-8(9)2/h4-7,10-12H,3H2,1-2H3. The first kappa shape index (κ1) is 17.5. The van der Waals surface area contributed by atoms with Crippen LogP contribution in [-0.2, 0) is 19.4 Å². The Kier molecular flexibility index (Phi) is 5.77. The number of ether oxygens (including phenoxy) is 1. The van der Waals surface area contributed by atoms with Gasteiger partial charge in [0.25, 0.3) is 6.43 Å². The fraction of sp³-hybridized carbons (Fsp3) is 0.462. The highest BCUT2D eigenvalue weighted by Gasteiger charge is 2.46. The number of aryl methyl sites for hydroxylation is 1. The molecular weight excluding hydrogens is 309 g/mol. The van der Waals surface area contributed by atoms with E-state index < -0.39 is 38.5 Å². The third-order valence-corrected chi connectivity index (χ3v) is 5.04. The molecule has 0 saturated carbocycles. The number of carbonyl (C=O) groups excluding carboxylic acids is 1. The molecule has 0 radical (unpaired) electrons. The van der Waals surface area contributed by atoms with E-state index in [9.17, 15) is 26.4 Å². The van der Waals surface area contributed by atoms with Crippen molar-refractivity contribution in [2.45, 2.75) is 36.6 Å². The smallest absolute Gasteiger partial charge is 0.342 e. The number of esters is 1. The first-order valence-corrected chi connectivity index (χ1v) is 7.66. The van der Waals surface area contributed by atoms with Crippen molar-refractivity contribution in [2.24, 2.45) is 0 Å². The molecule has 0 aliphatic rings. The minimum Gasteiger partial charge on any atom is -0.464 e. The number of benzene rings is 1. The second-order valence-electron chi connectivity index (χ2n) is 4.26. The highest BCUT2D eigenvalue weighted by Crippen LogP contribution is 2.27. The molecule has 0 aliphatic heterocycles. The van der Waals surface area contributed by atoms with E-state index in [-0.39, 0.29) is 12.2 Å². The molecule has 1 aromatic carbocycles. The van der Waals surface area contributed by atoms with E-state index in [1.807, 2.05) is 0 Å². The Labute approximate surface area is 120 Å². The highest BCUT2D eigenvalue weighted by atomic mass is 32.2. The first-order chi connectivity index (χ1) is 9.73. The normalized spacial score (nSPS) is 14.8. The number of sulfone groups is 1. The summed E-state index contributed by atoms with van der Waals surface area (Å²) in [6.45, 7) is 2.52. The van der Waals surface area contributed by atoms with Gasteiger partial charge in [-0.25, -0.2) is 26.4 Å². The van der Waals surface area contributed by atoms with Gasteiger partial charge in [0, 0.05) is 0 Å². The molecule has 0 aromatic heterocycles. The van der Waals surface area contributed by atoms with E-state index in [0.717, 1.165) is 6.07 Å². The molecule has 0 amide bonds. The average molecular weight is 324 g/mol. The second kappa shape index (κ2) is 6.93. The van der Waals surface area contributed by atoms with Gasteiger partial charge < -0.3 is 4.74 Å².